The topological polar surface area (TPSA) is 106 Å². The minimum absolute atomic E-state index is 0.203. The van der Waals surface area contributed by atoms with Crippen molar-refractivity contribution >= 4 is 39.4 Å². The molecule has 1 saturated heterocycles. The van der Waals surface area contributed by atoms with Gasteiger partial charge >= 0.3 is 0 Å². The van der Waals surface area contributed by atoms with E-state index in [9.17, 15) is 5.11 Å². The molecule has 1 fully saturated rings. The summed E-state index contributed by atoms with van der Waals surface area (Å²) in [6.07, 6.45) is 2.10. The molecule has 0 bridgehead atoms. The number of hydrogen-bond acceptors (Lipinski definition) is 6. The molecule has 1 aliphatic rings. The first-order valence-corrected chi connectivity index (χ1v) is 6.90. The van der Waals surface area contributed by atoms with Crippen molar-refractivity contribution in [3.05, 3.63) is 16.1 Å². The van der Waals surface area contributed by atoms with Gasteiger partial charge < -0.3 is 25.3 Å². The lowest BCUT2D eigenvalue weighted by Gasteiger charge is -2.14. The van der Waals surface area contributed by atoms with Crippen molar-refractivity contribution in [3.8, 4) is 0 Å². The van der Waals surface area contributed by atoms with Gasteiger partial charge in [0, 0.05) is 16.2 Å². The second-order valence-corrected chi connectivity index (χ2v) is 5.62. The summed E-state index contributed by atoms with van der Waals surface area (Å²) in [6, 6.07) is 0. The third kappa shape index (κ3) is 2.08. The van der Waals surface area contributed by atoms with Gasteiger partial charge in [-0.05, 0) is 22.6 Å². The first-order valence-electron chi connectivity index (χ1n) is 5.82. The molecule has 0 radical (unpaired) electrons. The first kappa shape index (κ1) is 13.0. The fourth-order valence-corrected chi connectivity index (χ4v) is 3.15. The van der Waals surface area contributed by atoms with Crippen molar-refractivity contribution in [3.63, 3.8) is 0 Å². The Morgan fingerprint density at radius 1 is 1.53 bits per heavy atom. The van der Waals surface area contributed by atoms with Crippen molar-refractivity contribution in [2.45, 2.75) is 24.9 Å². The Kier molecular flexibility index (Phi) is 3.33. The van der Waals surface area contributed by atoms with Crippen molar-refractivity contribution in [1.29, 1.82) is 0 Å². The van der Waals surface area contributed by atoms with Crippen LogP contribution in [0.5, 0.6) is 0 Å². The number of rotatable bonds is 2. The van der Waals surface area contributed by atoms with Crippen LogP contribution in [0, 0.1) is 3.57 Å². The van der Waals surface area contributed by atoms with Crippen LogP contribution in [0.2, 0.25) is 0 Å². The highest BCUT2D eigenvalue weighted by Crippen LogP contribution is 2.34. The minimum Gasteiger partial charge on any atom is -0.394 e. The average molecular weight is 376 g/mol. The van der Waals surface area contributed by atoms with Gasteiger partial charge in [-0.3, -0.25) is 0 Å². The number of aliphatic hydroxyl groups is 2. The van der Waals surface area contributed by atoms with Gasteiger partial charge in [0.05, 0.1) is 18.1 Å². The molecule has 3 atom stereocenters. The van der Waals surface area contributed by atoms with Gasteiger partial charge in [-0.2, -0.15) is 0 Å². The van der Waals surface area contributed by atoms with Crippen LogP contribution in [0.1, 0.15) is 12.6 Å². The molecule has 3 unspecified atom stereocenters. The fourth-order valence-electron chi connectivity index (χ4n) is 2.33. The average Bonchev–Trinajstić information content (AvgIpc) is 2.91. The van der Waals surface area contributed by atoms with Crippen molar-refractivity contribution in [2.75, 3.05) is 12.3 Å². The van der Waals surface area contributed by atoms with E-state index in [4.69, 9.17) is 15.6 Å². The summed E-state index contributed by atoms with van der Waals surface area (Å²) in [7, 11) is 0. The standard InChI is InChI=1S/C11H13IN4O3/c12-5-2-16(8-1-6(18)7(3-17)19-8)11-9(5)10(13)14-4-15-11/h2,4,6-8,17-18H,1,3H2,(H2,13,14,15). The molecule has 1 aliphatic heterocycles. The summed E-state index contributed by atoms with van der Waals surface area (Å²) >= 11 is 2.16. The SMILES string of the molecule is Nc1ncnc2c1c(I)cn2C1CC(O)C(CO)O1. The maximum atomic E-state index is 9.80. The highest BCUT2D eigenvalue weighted by atomic mass is 127. The Hall–Kier alpha value is -0.970. The Bertz CT molecular complexity index is 617. The Labute approximate surface area is 122 Å². The summed E-state index contributed by atoms with van der Waals surface area (Å²) in [5.41, 5.74) is 6.52. The summed E-state index contributed by atoms with van der Waals surface area (Å²) in [5.74, 6) is 0.422. The smallest absolute Gasteiger partial charge is 0.148 e. The zero-order valence-corrected chi connectivity index (χ0v) is 12.1. The van der Waals surface area contributed by atoms with Crippen molar-refractivity contribution in [2.24, 2.45) is 0 Å². The fraction of sp³-hybridized carbons (Fsp3) is 0.455. The van der Waals surface area contributed by atoms with Crippen LogP contribution in [0.4, 0.5) is 5.82 Å². The largest absolute Gasteiger partial charge is 0.394 e. The van der Waals surface area contributed by atoms with Crippen molar-refractivity contribution < 1.29 is 14.9 Å². The predicted molar refractivity (Wildman–Crippen MR) is 76.3 cm³/mol. The number of aromatic nitrogens is 3. The zero-order chi connectivity index (χ0) is 13.6. The molecule has 4 N–H and O–H groups in total. The summed E-state index contributed by atoms with van der Waals surface area (Å²) in [5, 5.41) is 19.7. The van der Waals surface area contributed by atoms with Crippen LogP contribution in [0.25, 0.3) is 11.0 Å². The van der Waals surface area contributed by atoms with Gasteiger partial charge in [0.25, 0.3) is 0 Å². The van der Waals surface area contributed by atoms with E-state index in [-0.39, 0.29) is 12.8 Å². The molecule has 0 aromatic carbocycles. The molecule has 0 aliphatic carbocycles. The van der Waals surface area contributed by atoms with E-state index in [1.807, 2.05) is 10.8 Å². The van der Waals surface area contributed by atoms with E-state index in [1.54, 1.807) is 0 Å². The number of halogens is 1. The number of nitrogens with two attached hydrogens (primary N) is 1. The number of nitrogens with zero attached hydrogens (tertiary/aromatic N) is 3. The lowest BCUT2D eigenvalue weighted by molar-refractivity contribution is -0.0430. The lowest BCUT2D eigenvalue weighted by atomic mass is 10.2. The molecule has 3 rings (SSSR count). The molecular weight excluding hydrogens is 363 g/mol. The summed E-state index contributed by atoms with van der Waals surface area (Å²) in [6.45, 7) is -0.203. The first-order chi connectivity index (χ1) is 9.11. The molecule has 2 aromatic heterocycles. The summed E-state index contributed by atoms with van der Waals surface area (Å²) in [4.78, 5) is 8.20. The van der Waals surface area contributed by atoms with Crippen LogP contribution in [-0.4, -0.2) is 43.6 Å². The van der Waals surface area contributed by atoms with E-state index in [1.165, 1.54) is 6.33 Å². The number of aliphatic hydroxyl groups excluding tert-OH is 2. The molecule has 0 amide bonds. The van der Waals surface area contributed by atoms with Crippen LogP contribution in [0.3, 0.4) is 0 Å². The molecule has 19 heavy (non-hydrogen) atoms. The van der Waals surface area contributed by atoms with E-state index >= 15 is 0 Å². The summed E-state index contributed by atoms with van der Waals surface area (Å²) < 4.78 is 8.38. The maximum absolute atomic E-state index is 9.80. The Balaban J connectivity index is 2.05. The molecule has 8 heteroatoms. The highest BCUT2D eigenvalue weighted by Gasteiger charge is 2.35. The van der Waals surface area contributed by atoms with Gasteiger partial charge in [-0.1, -0.05) is 0 Å². The number of anilines is 1. The Morgan fingerprint density at radius 3 is 3.00 bits per heavy atom. The van der Waals surface area contributed by atoms with Gasteiger partial charge in [0.1, 0.15) is 30.1 Å². The van der Waals surface area contributed by atoms with E-state index in [0.717, 1.165) is 8.96 Å². The van der Waals surface area contributed by atoms with E-state index < -0.39 is 12.2 Å². The van der Waals surface area contributed by atoms with Crippen molar-refractivity contribution in [1.82, 2.24) is 14.5 Å². The number of fused-ring (bicyclic) bond motifs is 1. The van der Waals surface area contributed by atoms with Gasteiger partial charge in [0.15, 0.2) is 0 Å². The minimum atomic E-state index is -0.677. The zero-order valence-electron chi connectivity index (χ0n) is 9.90. The Morgan fingerprint density at radius 2 is 2.32 bits per heavy atom. The number of hydrogen-bond donors (Lipinski definition) is 3. The lowest BCUT2D eigenvalue weighted by Crippen LogP contribution is -2.24. The quantitative estimate of drug-likeness (QED) is 0.650. The van der Waals surface area contributed by atoms with Crippen LogP contribution in [0.15, 0.2) is 12.5 Å². The predicted octanol–water partition coefficient (Wildman–Crippen LogP) is 0.259. The molecule has 0 spiro atoms. The van der Waals surface area contributed by atoms with Crippen LogP contribution in [-0.2, 0) is 4.74 Å². The number of ether oxygens (including phenoxy) is 1. The molecular formula is C11H13IN4O3. The van der Waals surface area contributed by atoms with Crippen LogP contribution >= 0.6 is 22.6 Å². The second kappa shape index (κ2) is 4.85. The molecule has 7 nitrogen and oxygen atoms in total. The molecule has 0 saturated carbocycles. The number of nitrogen functional groups attached to an aromatic ring is 1. The second-order valence-electron chi connectivity index (χ2n) is 4.46. The van der Waals surface area contributed by atoms with Gasteiger partial charge in [-0.25, -0.2) is 9.97 Å². The van der Waals surface area contributed by atoms with Gasteiger partial charge in [0.2, 0.25) is 0 Å². The molecule has 102 valence electrons. The molecule has 2 aromatic rings. The van der Waals surface area contributed by atoms with Crippen LogP contribution < -0.4 is 5.73 Å². The molecule has 3 heterocycles. The third-order valence-electron chi connectivity index (χ3n) is 3.29. The van der Waals surface area contributed by atoms with E-state index in [2.05, 4.69) is 32.6 Å². The normalized spacial score (nSPS) is 27.2. The monoisotopic (exact) mass is 376 g/mol. The third-order valence-corrected chi connectivity index (χ3v) is 4.10. The van der Waals surface area contributed by atoms with Gasteiger partial charge in [-0.15, -0.1) is 0 Å². The van der Waals surface area contributed by atoms with E-state index in [0.29, 0.717) is 17.9 Å². The maximum Gasteiger partial charge on any atom is 0.148 e. The highest BCUT2D eigenvalue weighted by molar-refractivity contribution is 14.1.